The van der Waals surface area contributed by atoms with Gasteiger partial charge in [-0.15, -0.1) is 0 Å². The lowest BCUT2D eigenvalue weighted by Gasteiger charge is -2.09. The molecule has 0 bridgehead atoms. The Labute approximate surface area is 178 Å². The van der Waals surface area contributed by atoms with E-state index in [0.717, 1.165) is 37.9 Å². The average Bonchev–Trinajstić information content (AvgIpc) is 2.74. The van der Waals surface area contributed by atoms with E-state index < -0.39 is 0 Å². The number of hydrogen-bond acceptors (Lipinski definition) is 2. The van der Waals surface area contributed by atoms with Crippen LogP contribution in [0, 0.1) is 5.92 Å². The van der Waals surface area contributed by atoms with E-state index in [1.807, 2.05) is 19.1 Å². The van der Waals surface area contributed by atoms with Crippen LogP contribution in [0.4, 0.5) is 0 Å². The number of carbonyl (C=O) groups excluding carboxylic acids is 1. The van der Waals surface area contributed by atoms with E-state index in [4.69, 9.17) is 4.74 Å². The summed E-state index contributed by atoms with van der Waals surface area (Å²) in [4.78, 5) is 11.4. The quantitative estimate of drug-likeness (QED) is 0.176. The molecule has 1 aromatic carbocycles. The number of ether oxygens (including phenoxy) is 1. The first-order chi connectivity index (χ1) is 14.2. The second kappa shape index (κ2) is 16.6. The summed E-state index contributed by atoms with van der Waals surface area (Å²) in [7, 11) is 0. The molecule has 0 aliphatic rings. The van der Waals surface area contributed by atoms with E-state index in [2.05, 4.69) is 74.6 Å². The topological polar surface area (TPSA) is 26.3 Å². The van der Waals surface area contributed by atoms with Gasteiger partial charge in [-0.25, -0.2) is 0 Å². The van der Waals surface area contributed by atoms with Crippen molar-refractivity contribution >= 4 is 5.78 Å². The molecule has 0 amide bonds. The molecule has 2 heteroatoms. The molecule has 1 unspecified atom stereocenters. The molecule has 0 radical (unpaired) electrons. The number of unbranched alkanes of at least 4 members (excludes halogenated alkanes) is 1. The molecule has 0 fully saturated rings. The third-order valence-corrected chi connectivity index (χ3v) is 4.66. The average molecular weight is 395 g/mol. The summed E-state index contributed by atoms with van der Waals surface area (Å²) in [5.74, 6) is 1.69. The zero-order chi connectivity index (χ0) is 21.2. The molecule has 1 atom stereocenters. The number of rotatable bonds is 15. The molecule has 29 heavy (non-hydrogen) atoms. The summed E-state index contributed by atoms with van der Waals surface area (Å²) in [6.45, 7) is 6.98. The standard InChI is InChI=1S/C27H38O2/c1-4-6-7-8-9-10-11-12-13-14-15-24(3)22-23-29-27-20-17-25(18-21-27)16-19-26(28)5-2/h6-7,10-15,17-18,20-21,24H,4-5,8-9,16,19,22-23H2,1-3H3/b7-6-,11-10+,13-12-,15-14+. The smallest absolute Gasteiger partial charge is 0.132 e. The van der Waals surface area contributed by atoms with Crippen molar-refractivity contribution in [2.45, 2.75) is 65.7 Å². The number of Topliss-reactive ketones (excluding diaryl/α,β-unsaturated/α-hetero) is 1. The first kappa shape index (κ1) is 24.7. The van der Waals surface area contributed by atoms with Gasteiger partial charge in [0.15, 0.2) is 0 Å². The van der Waals surface area contributed by atoms with E-state index in [0.29, 0.717) is 31.1 Å². The fraction of sp³-hybridized carbons (Fsp3) is 0.444. The molecule has 0 heterocycles. The van der Waals surface area contributed by atoms with Gasteiger partial charge in [0, 0.05) is 12.8 Å². The van der Waals surface area contributed by atoms with Crippen LogP contribution in [0.2, 0.25) is 0 Å². The molecule has 2 nitrogen and oxygen atoms in total. The Morgan fingerprint density at radius 2 is 1.69 bits per heavy atom. The lowest BCUT2D eigenvalue weighted by atomic mass is 10.1. The summed E-state index contributed by atoms with van der Waals surface area (Å²) in [6.07, 6.45) is 23.6. The third kappa shape index (κ3) is 13.5. The molecule has 0 saturated heterocycles. The largest absolute Gasteiger partial charge is 0.494 e. The zero-order valence-corrected chi connectivity index (χ0v) is 18.5. The van der Waals surface area contributed by atoms with Crippen molar-refractivity contribution in [2.75, 3.05) is 6.61 Å². The van der Waals surface area contributed by atoms with Gasteiger partial charge in [-0.3, -0.25) is 4.79 Å². The maximum absolute atomic E-state index is 11.4. The summed E-state index contributed by atoms with van der Waals surface area (Å²) in [6, 6.07) is 8.11. The lowest BCUT2D eigenvalue weighted by molar-refractivity contribution is -0.118. The second-order valence-corrected chi connectivity index (χ2v) is 7.31. The molecule has 158 valence electrons. The predicted octanol–water partition coefficient (Wildman–Crippen LogP) is 7.42. The maximum atomic E-state index is 11.4. The van der Waals surface area contributed by atoms with Gasteiger partial charge < -0.3 is 4.74 Å². The van der Waals surface area contributed by atoms with Gasteiger partial charge >= 0.3 is 0 Å². The monoisotopic (exact) mass is 394 g/mol. The second-order valence-electron chi connectivity index (χ2n) is 7.31. The molecule has 0 aromatic heterocycles. The number of hydrogen-bond donors (Lipinski definition) is 0. The van der Waals surface area contributed by atoms with Gasteiger partial charge in [-0.2, -0.15) is 0 Å². The highest BCUT2D eigenvalue weighted by atomic mass is 16.5. The Kier molecular flexibility index (Phi) is 14.1. The van der Waals surface area contributed by atoms with Crippen LogP contribution in [-0.4, -0.2) is 12.4 Å². The van der Waals surface area contributed by atoms with E-state index in [-0.39, 0.29) is 0 Å². The summed E-state index contributed by atoms with van der Waals surface area (Å²) in [5, 5.41) is 0. The predicted molar refractivity (Wildman–Crippen MR) is 125 cm³/mol. The Balaban J connectivity index is 2.19. The number of allylic oxidation sites excluding steroid dienone is 8. The van der Waals surface area contributed by atoms with E-state index in [1.165, 1.54) is 5.56 Å². The Morgan fingerprint density at radius 3 is 2.41 bits per heavy atom. The summed E-state index contributed by atoms with van der Waals surface area (Å²) in [5.41, 5.74) is 1.19. The Morgan fingerprint density at radius 1 is 0.966 bits per heavy atom. The van der Waals surface area contributed by atoms with Crippen LogP contribution in [0.3, 0.4) is 0 Å². The Bertz CT molecular complexity index is 662. The van der Waals surface area contributed by atoms with Crippen molar-refractivity contribution in [2.24, 2.45) is 5.92 Å². The fourth-order valence-corrected chi connectivity index (χ4v) is 2.71. The van der Waals surface area contributed by atoms with Crippen LogP contribution in [0.15, 0.2) is 72.9 Å². The van der Waals surface area contributed by atoms with Crippen LogP contribution in [-0.2, 0) is 11.2 Å². The van der Waals surface area contributed by atoms with Gasteiger partial charge in [-0.05, 0) is 55.7 Å². The van der Waals surface area contributed by atoms with Crippen molar-refractivity contribution < 1.29 is 9.53 Å². The van der Waals surface area contributed by atoms with Crippen molar-refractivity contribution in [1.29, 1.82) is 0 Å². The number of aryl methyl sites for hydroxylation is 1. The number of ketones is 1. The van der Waals surface area contributed by atoms with E-state index >= 15 is 0 Å². The zero-order valence-electron chi connectivity index (χ0n) is 18.5. The van der Waals surface area contributed by atoms with Crippen LogP contribution in [0.5, 0.6) is 5.75 Å². The van der Waals surface area contributed by atoms with Crippen LogP contribution >= 0.6 is 0 Å². The molecular formula is C27H38O2. The van der Waals surface area contributed by atoms with Crippen molar-refractivity contribution in [3.05, 3.63) is 78.4 Å². The normalized spacial score (nSPS) is 13.2. The first-order valence-corrected chi connectivity index (χ1v) is 11.0. The molecule has 0 saturated carbocycles. The minimum absolute atomic E-state index is 0.318. The van der Waals surface area contributed by atoms with Gasteiger partial charge in [0.25, 0.3) is 0 Å². The van der Waals surface area contributed by atoms with Gasteiger partial charge in [0.2, 0.25) is 0 Å². The third-order valence-electron chi connectivity index (χ3n) is 4.66. The van der Waals surface area contributed by atoms with Crippen LogP contribution < -0.4 is 4.74 Å². The SMILES string of the molecule is CC/C=C\CC/C=C/C=C\C=C\C(C)CCOc1ccc(CCC(=O)CC)cc1. The van der Waals surface area contributed by atoms with Gasteiger partial charge in [0.05, 0.1) is 6.61 Å². The highest BCUT2D eigenvalue weighted by molar-refractivity contribution is 5.78. The first-order valence-electron chi connectivity index (χ1n) is 11.0. The molecule has 0 aliphatic heterocycles. The van der Waals surface area contributed by atoms with Crippen LogP contribution in [0.25, 0.3) is 0 Å². The molecular weight excluding hydrogens is 356 g/mol. The minimum atomic E-state index is 0.318. The van der Waals surface area contributed by atoms with E-state index in [1.54, 1.807) is 0 Å². The van der Waals surface area contributed by atoms with Gasteiger partial charge in [0.1, 0.15) is 11.5 Å². The number of benzene rings is 1. The van der Waals surface area contributed by atoms with Crippen molar-refractivity contribution in [1.82, 2.24) is 0 Å². The summed E-state index contributed by atoms with van der Waals surface area (Å²) < 4.78 is 5.84. The van der Waals surface area contributed by atoms with Crippen LogP contribution in [0.1, 0.15) is 64.9 Å². The molecule has 0 aliphatic carbocycles. The van der Waals surface area contributed by atoms with E-state index in [9.17, 15) is 4.79 Å². The molecule has 0 N–H and O–H groups in total. The molecule has 1 rings (SSSR count). The summed E-state index contributed by atoms with van der Waals surface area (Å²) >= 11 is 0. The lowest BCUT2D eigenvalue weighted by Crippen LogP contribution is -2.02. The highest BCUT2D eigenvalue weighted by Crippen LogP contribution is 2.15. The van der Waals surface area contributed by atoms with Crippen molar-refractivity contribution in [3.8, 4) is 5.75 Å². The molecule has 1 aromatic rings. The minimum Gasteiger partial charge on any atom is -0.494 e. The molecule has 0 spiro atoms. The van der Waals surface area contributed by atoms with Crippen molar-refractivity contribution in [3.63, 3.8) is 0 Å². The number of carbonyl (C=O) groups is 1. The maximum Gasteiger partial charge on any atom is 0.132 e. The van der Waals surface area contributed by atoms with Gasteiger partial charge in [-0.1, -0.05) is 81.5 Å². The highest BCUT2D eigenvalue weighted by Gasteiger charge is 2.01. The fourth-order valence-electron chi connectivity index (χ4n) is 2.71. The Hall–Kier alpha value is -2.35.